The third kappa shape index (κ3) is 6.41. The first-order valence-corrected chi connectivity index (χ1v) is 22.9. The van der Waals surface area contributed by atoms with Gasteiger partial charge in [-0.25, -0.2) is 0 Å². The average molecular weight is 855 g/mol. The van der Waals surface area contributed by atoms with Crippen LogP contribution in [-0.2, 0) is 5.41 Å². The normalized spacial score (nSPS) is 12.7. The van der Waals surface area contributed by atoms with E-state index in [-0.39, 0.29) is 11.5 Å². The quantitative estimate of drug-likeness (QED) is 0.175. The molecule has 12 aromatic carbocycles. The maximum atomic E-state index is 10.6. The summed E-state index contributed by atoms with van der Waals surface area (Å²) < 4.78 is 0. The van der Waals surface area contributed by atoms with Gasteiger partial charge in [0.2, 0.25) is 0 Å². The summed E-state index contributed by atoms with van der Waals surface area (Å²) >= 11 is 0. The first-order valence-electron chi connectivity index (χ1n) is 22.9. The van der Waals surface area contributed by atoms with E-state index in [1.165, 1.54) is 66.1 Å². The highest BCUT2D eigenvalue weighted by Crippen LogP contribution is 2.58. The fourth-order valence-corrected chi connectivity index (χ4v) is 10.9. The predicted molar refractivity (Wildman–Crippen MR) is 279 cm³/mol. The Morgan fingerprint density at radius 1 is 0.224 bits per heavy atom. The molecule has 0 aromatic heterocycles. The fourth-order valence-electron chi connectivity index (χ4n) is 10.9. The topological polar surface area (TPSA) is 40.5 Å². The fraction of sp³-hybridized carbons (Fsp3) is 0.0154. The number of fused-ring (bicyclic) bond motifs is 7. The van der Waals surface area contributed by atoms with Crippen LogP contribution in [0.15, 0.2) is 243 Å². The molecule has 0 amide bonds. The van der Waals surface area contributed by atoms with E-state index in [1.807, 2.05) is 24.3 Å². The Bertz CT molecular complexity index is 3710. The monoisotopic (exact) mass is 854 g/mol. The molecule has 12 aromatic rings. The highest BCUT2D eigenvalue weighted by molar-refractivity contribution is 5.95. The van der Waals surface area contributed by atoms with Crippen molar-refractivity contribution in [2.75, 3.05) is 0 Å². The summed E-state index contributed by atoms with van der Waals surface area (Å²) in [4.78, 5) is 0. The lowest BCUT2D eigenvalue weighted by Crippen LogP contribution is -2.28. The van der Waals surface area contributed by atoms with Crippen LogP contribution in [0.1, 0.15) is 22.3 Å². The van der Waals surface area contributed by atoms with Gasteiger partial charge < -0.3 is 10.2 Å². The number of benzene rings is 12. The maximum Gasteiger partial charge on any atom is 0.116 e. The molecule has 0 bridgehead atoms. The van der Waals surface area contributed by atoms with Gasteiger partial charge >= 0.3 is 0 Å². The Balaban J connectivity index is 1.05. The van der Waals surface area contributed by atoms with E-state index in [9.17, 15) is 10.2 Å². The van der Waals surface area contributed by atoms with Gasteiger partial charge in [0.05, 0.1) is 5.41 Å². The Morgan fingerprint density at radius 3 is 1.00 bits per heavy atom. The summed E-state index contributed by atoms with van der Waals surface area (Å²) in [5, 5.41) is 30.1. The summed E-state index contributed by atoms with van der Waals surface area (Å²) in [6.07, 6.45) is 0. The molecule has 1 aliphatic rings. The Kier molecular flexibility index (Phi) is 8.78. The Hall–Kier alpha value is -8.72. The van der Waals surface area contributed by atoms with Crippen LogP contribution in [0, 0.1) is 0 Å². The zero-order valence-electron chi connectivity index (χ0n) is 36.5. The van der Waals surface area contributed by atoms with Gasteiger partial charge in [-0.15, -0.1) is 0 Å². The van der Waals surface area contributed by atoms with Gasteiger partial charge in [-0.2, -0.15) is 0 Å². The Morgan fingerprint density at radius 2 is 0.552 bits per heavy atom. The molecule has 0 fully saturated rings. The van der Waals surface area contributed by atoms with Crippen LogP contribution in [0.2, 0.25) is 0 Å². The molecule has 0 heterocycles. The minimum absolute atomic E-state index is 0.246. The maximum absolute atomic E-state index is 10.6. The molecule has 314 valence electrons. The van der Waals surface area contributed by atoms with Crippen LogP contribution >= 0.6 is 0 Å². The second-order valence-corrected chi connectivity index (χ2v) is 18.0. The number of phenols is 2. The number of rotatable bonds is 6. The third-order valence-electron chi connectivity index (χ3n) is 14.2. The molecule has 2 nitrogen and oxygen atoms in total. The molecule has 13 rings (SSSR count). The first-order chi connectivity index (χ1) is 32.9. The van der Waals surface area contributed by atoms with Crippen molar-refractivity contribution in [2.45, 2.75) is 5.41 Å². The molecular weight excluding hydrogens is 813 g/mol. The van der Waals surface area contributed by atoms with Gasteiger partial charge in [-0.3, -0.25) is 0 Å². The molecular formula is C65H42O2. The number of hydrogen-bond donors (Lipinski definition) is 2. The van der Waals surface area contributed by atoms with Crippen LogP contribution < -0.4 is 0 Å². The van der Waals surface area contributed by atoms with Gasteiger partial charge in [0.25, 0.3) is 0 Å². The van der Waals surface area contributed by atoms with Gasteiger partial charge in [-0.1, -0.05) is 170 Å². The molecule has 0 unspecified atom stereocenters. The van der Waals surface area contributed by atoms with E-state index in [1.54, 1.807) is 12.1 Å². The number of hydrogen-bond acceptors (Lipinski definition) is 2. The summed E-state index contributed by atoms with van der Waals surface area (Å²) in [6, 6.07) is 87.1. The molecule has 0 saturated carbocycles. The van der Waals surface area contributed by atoms with E-state index >= 15 is 0 Å². The van der Waals surface area contributed by atoms with Gasteiger partial charge in [0.15, 0.2) is 0 Å². The molecule has 0 aliphatic heterocycles. The van der Waals surface area contributed by atoms with Gasteiger partial charge in [0, 0.05) is 0 Å². The number of phenolic OH excluding ortho intramolecular Hbond substituents is 2. The molecule has 1 aliphatic carbocycles. The van der Waals surface area contributed by atoms with E-state index < -0.39 is 5.41 Å². The molecule has 0 atom stereocenters. The Labute approximate surface area is 389 Å². The van der Waals surface area contributed by atoms with E-state index in [0.29, 0.717) is 0 Å². The van der Waals surface area contributed by atoms with Gasteiger partial charge in [-0.05, 0) is 194 Å². The minimum atomic E-state index is -0.763. The highest BCUT2D eigenvalue weighted by atomic mass is 16.3. The lowest BCUT2D eigenvalue weighted by atomic mass is 9.66. The van der Waals surface area contributed by atoms with Crippen molar-refractivity contribution >= 4 is 43.1 Å². The second-order valence-electron chi connectivity index (χ2n) is 18.0. The molecule has 0 saturated heterocycles. The lowest BCUT2D eigenvalue weighted by molar-refractivity contribution is 0.475. The third-order valence-corrected chi connectivity index (χ3v) is 14.2. The standard InChI is InChI=1S/C65H42O2/c66-59-27-21-51-35-57(25-19-53(51)37-59)65(58-26-20-54-38-60(67)28-22-52(54)36-58)63-39-55(47-13-5-11-45(33-47)49-17-15-41-7-1-3-9-43(41)31-49)23-29-61(63)62-30-24-56(40-64(62)65)48-14-6-12-46(34-48)50-18-16-42-8-2-4-10-44(42)32-50/h1-40,66-67H. The molecule has 2 heteroatoms. The zero-order valence-corrected chi connectivity index (χ0v) is 36.5. The molecule has 67 heavy (non-hydrogen) atoms. The lowest BCUT2D eigenvalue weighted by Gasteiger charge is -2.35. The highest BCUT2D eigenvalue weighted by Gasteiger charge is 2.47. The van der Waals surface area contributed by atoms with E-state index in [4.69, 9.17) is 0 Å². The van der Waals surface area contributed by atoms with Crippen LogP contribution in [0.5, 0.6) is 11.5 Å². The van der Waals surface area contributed by atoms with Gasteiger partial charge in [0.1, 0.15) is 11.5 Å². The van der Waals surface area contributed by atoms with Crippen molar-refractivity contribution in [3.05, 3.63) is 265 Å². The van der Waals surface area contributed by atoms with Crippen molar-refractivity contribution in [1.29, 1.82) is 0 Å². The van der Waals surface area contributed by atoms with E-state index in [2.05, 4.69) is 206 Å². The largest absolute Gasteiger partial charge is 0.508 e. The predicted octanol–water partition coefficient (Wildman–Crippen LogP) is 16.7. The van der Waals surface area contributed by atoms with Crippen molar-refractivity contribution in [3.63, 3.8) is 0 Å². The zero-order chi connectivity index (χ0) is 44.6. The summed E-state index contributed by atoms with van der Waals surface area (Å²) in [5.74, 6) is 0.492. The molecule has 0 spiro atoms. The first kappa shape index (κ1) is 38.7. The summed E-state index contributed by atoms with van der Waals surface area (Å²) in [5.41, 5.74) is 15.6. The second kappa shape index (κ2) is 15.2. The van der Waals surface area contributed by atoms with E-state index in [0.717, 1.165) is 54.9 Å². The summed E-state index contributed by atoms with van der Waals surface area (Å²) in [7, 11) is 0. The smallest absolute Gasteiger partial charge is 0.116 e. The van der Waals surface area contributed by atoms with Crippen LogP contribution in [0.3, 0.4) is 0 Å². The average Bonchev–Trinajstić information content (AvgIpc) is 3.67. The van der Waals surface area contributed by atoms with Crippen LogP contribution in [0.4, 0.5) is 0 Å². The molecule has 2 N–H and O–H groups in total. The van der Waals surface area contributed by atoms with Crippen LogP contribution in [0.25, 0.3) is 98.7 Å². The van der Waals surface area contributed by atoms with Crippen molar-refractivity contribution in [1.82, 2.24) is 0 Å². The SMILES string of the molecule is Oc1ccc2cc(C3(c4ccc5cc(O)ccc5c4)c4cc(-c5cccc(-c6ccc7ccccc7c6)c5)ccc4-c4ccc(-c5cccc(-c6ccc7ccccc7c6)c5)cc43)ccc2c1. The van der Waals surface area contributed by atoms with Crippen molar-refractivity contribution in [2.24, 2.45) is 0 Å². The van der Waals surface area contributed by atoms with Crippen molar-refractivity contribution < 1.29 is 10.2 Å². The van der Waals surface area contributed by atoms with Crippen LogP contribution in [-0.4, -0.2) is 10.2 Å². The minimum Gasteiger partial charge on any atom is -0.508 e. The van der Waals surface area contributed by atoms with Crippen molar-refractivity contribution in [3.8, 4) is 67.1 Å². The summed E-state index contributed by atoms with van der Waals surface area (Å²) in [6.45, 7) is 0. The number of aromatic hydroxyl groups is 2. The molecule has 0 radical (unpaired) electrons.